The van der Waals surface area contributed by atoms with Crippen molar-refractivity contribution >= 4 is 29.2 Å². The van der Waals surface area contributed by atoms with Gasteiger partial charge in [0.2, 0.25) is 0 Å². The van der Waals surface area contributed by atoms with Crippen molar-refractivity contribution in [1.29, 1.82) is 0 Å². The van der Waals surface area contributed by atoms with Crippen LogP contribution in [0.4, 0.5) is 13.2 Å². The van der Waals surface area contributed by atoms with Gasteiger partial charge in [-0.1, -0.05) is 45.9 Å². The summed E-state index contributed by atoms with van der Waals surface area (Å²) in [4.78, 5) is 30.2. The minimum Gasteiger partial charge on any atom is -0.457 e. The lowest BCUT2D eigenvalue weighted by Crippen LogP contribution is -2.45. The Labute approximate surface area is 219 Å². The Balaban J connectivity index is 2.50. The van der Waals surface area contributed by atoms with Gasteiger partial charge in [-0.05, 0) is 31.9 Å². The van der Waals surface area contributed by atoms with E-state index in [1.54, 1.807) is 25.3 Å². The number of esters is 1. The first-order valence-electron chi connectivity index (χ1n) is 12.2. The number of Topliss-reactive ketones (excluding diaryl/α,β-unsaturated/α-hetero) is 1. The van der Waals surface area contributed by atoms with Gasteiger partial charge < -0.3 is 14.9 Å². The monoisotopic (exact) mass is 543 g/mol. The molecule has 1 aliphatic rings. The molecular weight excluding hydrogens is 507 g/mol. The highest BCUT2D eigenvalue weighted by molar-refractivity contribution is 7.09. The molecule has 6 nitrogen and oxygen atoms in total. The van der Waals surface area contributed by atoms with Crippen LogP contribution in [0.5, 0.6) is 0 Å². The minimum absolute atomic E-state index is 0.243. The van der Waals surface area contributed by atoms with Crippen molar-refractivity contribution < 1.29 is 37.7 Å². The zero-order chi connectivity index (χ0) is 28.1. The van der Waals surface area contributed by atoms with Crippen LogP contribution in [-0.4, -0.2) is 51.4 Å². The summed E-state index contributed by atoms with van der Waals surface area (Å²) in [5.74, 6) is -2.85. The third-order valence-corrected chi connectivity index (χ3v) is 7.60. The molecule has 2 unspecified atom stereocenters. The topological polar surface area (TPSA) is 96.7 Å². The second-order valence-corrected chi connectivity index (χ2v) is 11.3. The van der Waals surface area contributed by atoms with E-state index >= 15 is 0 Å². The van der Waals surface area contributed by atoms with Crippen LogP contribution in [-0.2, 0) is 14.3 Å². The molecule has 0 aromatic carbocycles. The van der Waals surface area contributed by atoms with E-state index in [4.69, 9.17) is 4.74 Å². The standard InChI is InChI=1S/C27H36F3NO5S/c1-15-8-7-9-19(27(28,29)30)10-11-21(16(2)12-20-14-37-18(4)31-20)36-23(33)13-22(32)26(5,6)25(35)17(3)24(15)34/h7-8,10,12,14-15,17,21-22,24,32,34H,9,11,13H2,1-6H3/b8-7+,16-12+,19-10+/t15-,17?,21?,22-,24-/m0/s1. The minimum atomic E-state index is -4.61. The van der Waals surface area contributed by atoms with Gasteiger partial charge in [-0.3, -0.25) is 9.59 Å². The summed E-state index contributed by atoms with van der Waals surface area (Å²) >= 11 is 1.41. The summed E-state index contributed by atoms with van der Waals surface area (Å²) in [5.41, 5.74) is -1.11. The van der Waals surface area contributed by atoms with E-state index in [0.29, 0.717) is 11.3 Å². The number of hydrogen-bond donors (Lipinski definition) is 2. The number of nitrogens with zero attached hydrogens (tertiary/aromatic N) is 1. The van der Waals surface area contributed by atoms with Crippen LogP contribution >= 0.6 is 11.3 Å². The predicted octanol–water partition coefficient (Wildman–Crippen LogP) is 5.58. The Hall–Kier alpha value is -2.30. The number of aliphatic hydroxyl groups excluding tert-OH is 2. The van der Waals surface area contributed by atoms with Crippen LogP contribution in [0.15, 0.2) is 34.8 Å². The second-order valence-electron chi connectivity index (χ2n) is 10.2. The highest BCUT2D eigenvalue weighted by Gasteiger charge is 2.42. The molecule has 0 saturated heterocycles. The molecule has 0 aliphatic carbocycles. The van der Waals surface area contributed by atoms with Crippen molar-refractivity contribution in [1.82, 2.24) is 4.98 Å². The summed E-state index contributed by atoms with van der Waals surface area (Å²) in [6.45, 7) is 9.55. The summed E-state index contributed by atoms with van der Waals surface area (Å²) in [7, 11) is 0. The molecule has 10 heteroatoms. The summed E-state index contributed by atoms with van der Waals surface area (Å²) < 4.78 is 46.8. The maximum Gasteiger partial charge on any atom is 0.412 e. The van der Waals surface area contributed by atoms with Crippen LogP contribution < -0.4 is 0 Å². The molecule has 2 heterocycles. The van der Waals surface area contributed by atoms with Gasteiger partial charge in [-0.15, -0.1) is 11.3 Å². The zero-order valence-corrected chi connectivity index (χ0v) is 22.8. The average molecular weight is 544 g/mol. The molecule has 0 saturated carbocycles. The molecule has 1 aliphatic heterocycles. The van der Waals surface area contributed by atoms with E-state index in [2.05, 4.69) is 4.98 Å². The summed E-state index contributed by atoms with van der Waals surface area (Å²) in [6, 6.07) is 0. The predicted molar refractivity (Wildman–Crippen MR) is 137 cm³/mol. The lowest BCUT2D eigenvalue weighted by atomic mass is 9.73. The molecular formula is C27H36F3NO5S. The van der Waals surface area contributed by atoms with E-state index in [1.165, 1.54) is 44.3 Å². The summed E-state index contributed by atoms with van der Waals surface area (Å²) in [6.07, 6.45) is -4.04. The first kappa shape index (κ1) is 30.9. The number of aromatic nitrogens is 1. The lowest BCUT2D eigenvalue weighted by Gasteiger charge is -2.34. The smallest absolute Gasteiger partial charge is 0.412 e. The number of aliphatic hydroxyl groups is 2. The highest BCUT2D eigenvalue weighted by Crippen LogP contribution is 2.33. The van der Waals surface area contributed by atoms with Gasteiger partial charge in [0.1, 0.15) is 11.9 Å². The van der Waals surface area contributed by atoms with Crippen LogP contribution in [0, 0.1) is 24.2 Å². The molecule has 206 valence electrons. The van der Waals surface area contributed by atoms with Crippen LogP contribution in [0.3, 0.4) is 0 Å². The van der Waals surface area contributed by atoms with Gasteiger partial charge in [0.05, 0.1) is 34.7 Å². The molecule has 1 aromatic rings. The van der Waals surface area contributed by atoms with Crippen molar-refractivity contribution in [2.24, 2.45) is 17.3 Å². The molecule has 37 heavy (non-hydrogen) atoms. The largest absolute Gasteiger partial charge is 0.457 e. The van der Waals surface area contributed by atoms with E-state index in [9.17, 15) is 33.0 Å². The second kappa shape index (κ2) is 12.5. The van der Waals surface area contributed by atoms with Gasteiger partial charge in [-0.2, -0.15) is 13.2 Å². The van der Waals surface area contributed by atoms with Crippen molar-refractivity contribution in [3.05, 3.63) is 45.5 Å². The number of allylic oxidation sites excluding steroid dienone is 2. The van der Waals surface area contributed by atoms with Crippen molar-refractivity contribution in [3.8, 4) is 0 Å². The molecule has 0 radical (unpaired) electrons. The van der Waals surface area contributed by atoms with E-state index in [-0.39, 0.29) is 6.42 Å². The van der Waals surface area contributed by atoms with E-state index in [1.807, 2.05) is 6.92 Å². The number of cyclic esters (lactones) is 1. The number of alkyl halides is 3. The maximum absolute atomic E-state index is 13.8. The van der Waals surface area contributed by atoms with Crippen molar-refractivity contribution in [2.45, 2.75) is 85.3 Å². The summed E-state index contributed by atoms with van der Waals surface area (Å²) in [5, 5.41) is 24.0. The van der Waals surface area contributed by atoms with Crippen molar-refractivity contribution in [2.75, 3.05) is 0 Å². The molecule has 5 atom stereocenters. The van der Waals surface area contributed by atoms with Crippen LogP contribution in [0.1, 0.15) is 64.6 Å². The fourth-order valence-electron chi connectivity index (χ4n) is 4.17. The Kier molecular flexibility index (Phi) is 10.4. The van der Waals surface area contributed by atoms with E-state index in [0.717, 1.165) is 11.1 Å². The fraction of sp³-hybridized carbons (Fsp3) is 0.593. The Bertz CT molecular complexity index is 1060. The molecule has 2 rings (SSSR count). The SMILES string of the molecule is C/C(=C\c1csc(C)n1)C1C/C=C(/C(F)(F)F)C/C=C/[C@H](C)[C@H](O)C(C)C(=O)C(C)(C)[C@@H](O)CC(=O)O1. The highest BCUT2D eigenvalue weighted by atomic mass is 32.1. The number of halogens is 3. The Morgan fingerprint density at radius 3 is 2.46 bits per heavy atom. The first-order chi connectivity index (χ1) is 17.0. The molecule has 0 bridgehead atoms. The van der Waals surface area contributed by atoms with Gasteiger partial charge in [0, 0.05) is 29.2 Å². The van der Waals surface area contributed by atoms with Crippen LogP contribution in [0.25, 0.3) is 6.08 Å². The third-order valence-electron chi connectivity index (χ3n) is 6.81. The zero-order valence-electron chi connectivity index (χ0n) is 22.0. The van der Waals surface area contributed by atoms with Gasteiger partial charge in [0.25, 0.3) is 0 Å². The van der Waals surface area contributed by atoms with Crippen molar-refractivity contribution in [3.63, 3.8) is 0 Å². The quantitative estimate of drug-likeness (QED) is 0.373. The first-order valence-corrected chi connectivity index (χ1v) is 13.0. The number of ether oxygens (including phenoxy) is 1. The number of thiazole rings is 1. The number of rotatable bonds is 2. The molecule has 0 amide bonds. The number of carbonyl (C=O) groups is 2. The van der Waals surface area contributed by atoms with E-state index < -0.39 is 71.9 Å². The number of aryl methyl sites for hydroxylation is 1. The normalized spacial score (nSPS) is 31.4. The maximum atomic E-state index is 13.8. The van der Waals surface area contributed by atoms with Gasteiger partial charge in [-0.25, -0.2) is 4.98 Å². The molecule has 0 fully saturated rings. The molecule has 2 N–H and O–H groups in total. The molecule has 0 spiro atoms. The van der Waals surface area contributed by atoms with Gasteiger partial charge in [0.15, 0.2) is 0 Å². The third kappa shape index (κ3) is 8.35. The number of hydrogen-bond acceptors (Lipinski definition) is 7. The lowest BCUT2D eigenvalue weighted by molar-refractivity contribution is -0.154. The Morgan fingerprint density at radius 1 is 1.24 bits per heavy atom. The van der Waals surface area contributed by atoms with Crippen LogP contribution in [0.2, 0.25) is 0 Å². The number of ketones is 1. The molecule has 1 aromatic heterocycles. The van der Waals surface area contributed by atoms with Gasteiger partial charge >= 0.3 is 12.1 Å². The fourth-order valence-corrected chi connectivity index (χ4v) is 4.74. The average Bonchev–Trinajstić information content (AvgIpc) is 3.21. The number of carbonyl (C=O) groups excluding carboxylic acids is 2. The Morgan fingerprint density at radius 2 is 1.89 bits per heavy atom.